The molecule has 2 aromatic carbocycles. The minimum atomic E-state index is -0.0984. The van der Waals surface area contributed by atoms with Gasteiger partial charge in [-0.15, -0.1) is 0 Å². The molecule has 3 aromatic rings. The van der Waals surface area contributed by atoms with E-state index in [9.17, 15) is 4.79 Å². The summed E-state index contributed by atoms with van der Waals surface area (Å²) in [5.74, 6) is 2.30. The van der Waals surface area contributed by atoms with Gasteiger partial charge in [0.25, 0.3) is 0 Å². The van der Waals surface area contributed by atoms with E-state index in [0.717, 1.165) is 17.0 Å². The highest BCUT2D eigenvalue weighted by molar-refractivity contribution is 5.96. The number of benzene rings is 2. The number of aromatic nitrogens is 2. The van der Waals surface area contributed by atoms with Crippen LogP contribution in [0.25, 0.3) is 11.4 Å². The molecule has 2 heterocycles. The molecule has 6 heteroatoms. The molecule has 0 saturated carbocycles. The number of anilines is 1. The summed E-state index contributed by atoms with van der Waals surface area (Å²) in [5.41, 5.74) is 2.93. The molecule has 1 aromatic heterocycles. The molecule has 1 saturated heterocycles. The van der Waals surface area contributed by atoms with Crippen molar-refractivity contribution in [2.75, 3.05) is 18.1 Å². The fourth-order valence-corrected chi connectivity index (χ4v) is 3.33. The van der Waals surface area contributed by atoms with Gasteiger partial charge in [-0.3, -0.25) is 4.79 Å². The lowest BCUT2D eigenvalue weighted by Gasteiger charge is -2.16. The number of ether oxygens (including phenoxy) is 1. The van der Waals surface area contributed by atoms with Gasteiger partial charge in [-0.2, -0.15) is 4.98 Å². The first kappa shape index (κ1) is 19.2. The summed E-state index contributed by atoms with van der Waals surface area (Å²) < 4.78 is 11.2. The van der Waals surface area contributed by atoms with Gasteiger partial charge in [0.05, 0.1) is 12.5 Å². The molecular weight excluding hydrogens is 366 g/mol. The Morgan fingerprint density at radius 1 is 1.14 bits per heavy atom. The van der Waals surface area contributed by atoms with Gasteiger partial charge in [0.15, 0.2) is 0 Å². The van der Waals surface area contributed by atoms with Crippen LogP contribution in [0.4, 0.5) is 5.69 Å². The molecule has 6 nitrogen and oxygen atoms in total. The van der Waals surface area contributed by atoms with Crippen LogP contribution in [0.15, 0.2) is 53.1 Å². The Kier molecular flexibility index (Phi) is 5.34. The smallest absolute Gasteiger partial charge is 0.232 e. The maximum absolute atomic E-state index is 12.5. The Balaban J connectivity index is 1.45. The second-order valence-electron chi connectivity index (χ2n) is 7.93. The Bertz CT molecular complexity index is 977. The molecule has 4 rings (SSSR count). The molecule has 0 bridgehead atoms. The second kappa shape index (κ2) is 8.07. The van der Waals surface area contributed by atoms with E-state index in [1.807, 2.05) is 55.5 Å². The summed E-state index contributed by atoms with van der Waals surface area (Å²) in [6.07, 6.45) is 0.373. The van der Waals surface area contributed by atoms with Crippen molar-refractivity contribution in [3.05, 3.63) is 60.0 Å². The maximum Gasteiger partial charge on any atom is 0.232 e. The van der Waals surface area contributed by atoms with E-state index in [2.05, 4.69) is 24.0 Å². The van der Waals surface area contributed by atoms with Gasteiger partial charge in [-0.1, -0.05) is 36.7 Å². The van der Waals surface area contributed by atoms with Crippen molar-refractivity contribution in [1.82, 2.24) is 10.1 Å². The first-order valence-electron chi connectivity index (χ1n) is 9.93. The molecule has 1 aliphatic rings. The van der Waals surface area contributed by atoms with Crippen molar-refractivity contribution in [2.45, 2.75) is 33.1 Å². The van der Waals surface area contributed by atoms with Gasteiger partial charge in [-0.05, 0) is 49.2 Å². The second-order valence-corrected chi connectivity index (χ2v) is 7.93. The number of carbonyl (C=O) groups is 1. The third kappa shape index (κ3) is 4.31. The SMILES string of the molecule is Cc1ccc(N2CC(c3nc(-c4ccc(OCC(C)C)cc4)no3)CC2=O)cc1. The van der Waals surface area contributed by atoms with Gasteiger partial charge >= 0.3 is 0 Å². The van der Waals surface area contributed by atoms with E-state index < -0.39 is 0 Å². The van der Waals surface area contributed by atoms with Crippen molar-refractivity contribution in [1.29, 1.82) is 0 Å². The fraction of sp³-hybridized carbons (Fsp3) is 0.348. The number of carbonyl (C=O) groups excluding carboxylic acids is 1. The van der Waals surface area contributed by atoms with Crippen molar-refractivity contribution < 1.29 is 14.1 Å². The van der Waals surface area contributed by atoms with Crippen LogP contribution >= 0.6 is 0 Å². The number of hydrogen-bond donors (Lipinski definition) is 0. The lowest BCUT2D eigenvalue weighted by atomic mass is 10.1. The van der Waals surface area contributed by atoms with Crippen LogP contribution in [0.1, 0.15) is 37.6 Å². The van der Waals surface area contributed by atoms with Crippen LogP contribution in [0.5, 0.6) is 5.75 Å². The zero-order valence-corrected chi connectivity index (χ0v) is 17.0. The van der Waals surface area contributed by atoms with Crippen molar-refractivity contribution in [2.24, 2.45) is 5.92 Å². The Morgan fingerprint density at radius 3 is 2.55 bits per heavy atom. The summed E-state index contributed by atoms with van der Waals surface area (Å²) >= 11 is 0. The van der Waals surface area contributed by atoms with Crippen LogP contribution in [-0.2, 0) is 4.79 Å². The third-order valence-corrected chi connectivity index (χ3v) is 4.96. The van der Waals surface area contributed by atoms with E-state index in [-0.39, 0.29) is 11.8 Å². The van der Waals surface area contributed by atoms with Crippen LogP contribution in [0.2, 0.25) is 0 Å². The zero-order chi connectivity index (χ0) is 20.4. The van der Waals surface area contributed by atoms with Gasteiger partial charge in [0, 0.05) is 24.2 Å². The molecule has 1 atom stereocenters. The standard InChI is InChI=1S/C23H25N3O3/c1-15(2)14-28-20-10-6-17(7-11-20)22-24-23(29-25-22)18-12-21(27)26(13-18)19-8-4-16(3)5-9-19/h4-11,15,18H,12-14H2,1-3H3. The molecule has 0 N–H and O–H groups in total. The van der Waals surface area contributed by atoms with Crippen molar-refractivity contribution in [3.8, 4) is 17.1 Å². The zero-order valence-electron chi connectivity index (χ0n) is 17.0. The lowest BCUT2D eigenvalue weighted by molar-refractivity contribution is -0.117. The number of hydrogen-bond acceptors (Lipinski definition) is 5. The molecule has 29 heavy (non-hydrogen) atoms. The molecule has 0 aliphatic carbocycles. The Hall–Kier alpha value is -3.15. The fourth-order valence-electron chi connectivity index (χ4n) is 3.33. The minimum Gasteiger partial charge on any atom is -0.493 e. The maximum atomic E-state index is 12.5. The summed E-state index contributed by atoms with van der Waals surface area (Å²) in [7, 11) is 0. The van der Waals surface area contributed by atoms with Crippen molar-refractivity contribution in [3.63, 3.8) is 0 Å². The highest BCUT2D eigenvalue weighted by atomic mass is 16.5. The summed E-state index contributed by atoms with van der Waals surface area (Å²) in [6.45, 7) is 7.48. The third-order valence-electron chi connectivity index (χ3n) is 4.96. The molecule has 0 radical (unpaired) electrons. The quantitative estimate of drug-likeness (QED) is 0.614. The Morgan fingerprint density at radius 2 is 1.86 bits per heavy atom. The Labute approximate surface area is 170 Å². The van der Waals surface area contributed by atoms with Crippen LogP contribution < -0.4 is 9.64 Å². The minimum absolute atomic E-state index is 0.0743. The average Bonchev–Trinajstić information content (AvgIpc) is 3.34. The van der Waals surface area contributed by atoms with Gasteiger partial charge in [-0.25, -0.2) is 0 Å². The largest absolute Gasteiger partial charge is 0.493 e. The van der Waals surface area contributed by atoms with Crippen LogP contribution in [0.3, 0.4) is 0 Å². The molecule has 1 fully saturated rings. The molecular formula is C23H25N3O3. The predicted molar refractivity (Wildman–Crippen MR) is 111 cm³/mol. The van der Waals surface area contributed by atoms with Gasteiger partial charge < -0.3 is 14.2 Å². The molecule has 0 spiro atoms. The monoisotopic (exact) mass is 391 g/mol. The highest BCUT2D eigenvalue weighted by Gasteiger charge is 2.35. The lowest BCUT2D eigenvalue weighted by Crippen LogP contribution is -2.24. The molecule has 150 valence electrons. The summed E-state index contributed by atoms with van der Waals surface area (Å²) in [6, 6.07) is 15.6. The average molecular weight is 391 g/mol. The number of aryl methyl sites for hydroxylation is 1. The number of amides is 1. The normalized spacial score (nSPS) is 16.6. The van der Waals surface area contributed by atoms with Crippen LogP contribution in [0, 0.1) is 12.8 Å². The van der Waals surface area contributed by atoms with E-state index in [1.165, 1.54) is 5.56 Å². The first-order valence-corrected chi connectivity index (χ1v) is 9.93. The van der Waals surface area contributed by atoms with E-state index in [1.54, 1.807) is 4.90 Å². The van der Waals surface area contributed by atoms with E-state index in [4.69, 9.17) is 9.26 Å². The predicted octanol–water partition coefficient (Wildman–Crippen LogP) is 4.60. The van der Waals surface area contributed by atoms with Crippen molar-refractivity contribution >= 4 is 11.6 Å². The highest BCUT2D eigenvalue weighted by Crippen LogP contribution is 2.32. The van der Waals surface area contributed by atoms with E-state index in [0.29, 0.717) is 37.2 Å². The summed E-state index contributed by atoms with van der Waals surface area (Å²) in [5, 5.41) is 4.11. The molecule has 1 unspecified atom stereocenters. The number of nitrogens with zero attached hydrogens (tertiary/aromatic N) is 3. The number of rotatable bonds is 6. The summed E-state index contributed by atoms with van der Waals surface area (Å²) in [4.78, 5) is 18.8. The molecule has 1 aliphatic heterocycles. The molecule has 1 amide bonds. The van der Waals surface area contributed by atoms with E-state index >= 15 is 0 Å². The first-order chi connectivity index (χ1) is 14.0. The van der Waals surface area contributed by atoms with Gasteiger partial charge in [0.1, 0.15) is 5.75 Å². The van der Waals surface area contributed by atoms with Crippen LogP contribution in [-0.4, -0.2) is 29.2 Å². The van der Waals surface area contributed by atoms with Gasteiger partial charge in [0.2, 0.25) is 17.6 Å². The topological polar surface area (TPSA) is 68.5 Å².